The van der Waals surface area contributed by atoms with E-state index in [0.29, 0.717) is 19.4 Å². The van der Waals surface area contributed by atoms with E-state index in [9.17, 15) is 4.79 Å². The van der Waals surface area contributed by atoms with Crippen molar-refractivity contribution < 1.29 is 9.90 Å². The molecule has 1 amide bonds. The number of aryl methyl sites for hydroxylation is 1. The lowest BCUT2D eigenvalue weighted by atomic mass is 10.1. The molecule has 110 valence electrons. The van der Waals surface area contributed by atoms with E-state index in [-0.39, 0.29) is 12.5 Å². The molecule has 0 saturated carbocycles. The Bertz CT molecular complexity index is 442. The van der Waals surface area contributed by atoms with E-state index in [1.165, 1.54) is 0 Å². The maximum absolute atomic E-state index is 12.2. The van der Waals surface area contributed by atoms with Crippen LogP contribution < -0.4 is 5.73 Å². The highest BCUT2D eigenvalue weighted by Gasteiger charge is 2.20. The summed E-state index contributed by atoms with van der Waals surface area (Å²) in [6.45, 7) is 4.08. The molecule has 0 atom stereocenters. The van der Waals surface area contributed by atoms with Gasteiger partial charge in [0.2, 0.25) is 5.91 Å². The average Bonchev–Trinajstić information content (AvgIpc) is 2.47. The van der Waals surface area contributed by atoms with Crippen molar-refractivity contribution in [1.29, 1.82) is 0 Å². The molecule has 5 nitrogen and oxygen atoms in total. The molecule has 0 radical (unpaired) electrons. The van der Waals surface area contributed by atoms with E-state index >= 15 is 0 Å². The number of aliphatic hydroxyl groups is 1. The maximum atomic E-state index is 12.2. The zero-order chi connectivity index (χ0) is 14.4. The predicted molar refractivity (Wildman–Crippen MR) is 79.3 cm³/mol. The number of anilines is 1. The normalized spacial score (nSPS) is 16.4. The Hall–Kier alpha value is -1.59. The van der Waals surface area contributed by atoms with Crippen LogP contribution in [0.5, 0.6) is 0 Å². The van der Waals surface area contributed by atoms with Crippen LogP contribution in [0.25, 0.3) is 0 Å². The van der Waals surface area contributed by atoms with Gasteiger partial charge >= 0.3 is 0 Å². The number of nitrogens with two attached hydrogens (primary N) is 1. The van der Waals surface area contributed by atoms with Crippen molar-refractivity contribution >= 4 is 11.6 Å². The number of nitrogen functional groups attached to an aromatic ring is 1. The number of carbonyl (C=O) groups is 1. The van der Waals surface area contributed by atoms with Crippen LogP contribution in [0.1, 0.15) is 12.0 Å². The van der Waals surface area contributed by atoms with Crippen molar-refractivity contribution in [3.8, 4) is 0 Å². The SMILES string of the molecule is Nc1ccccc1CCC(=O)N1CCN(CCO)CC1. The quantitative estimate of drug-likeness (QED) is 0.761. The molecule has 0 aliphatic carbocycles. The highest BCUT2D eigenvalue weighted by atomic mass is 16.3. The highest BCUT2D eigenvalue weighted by molar-refractivity contribution is 5.76. The lowest BCUT2D eigenvalue weighted by molar-refractivity contribution is -0.132. The average molecular weight is 277 g/mol. The van der Waals surface area contributed by atoms with Crippen molar-refractivity contribution in [2.75, 3.05) is 45.1 Å². The van der Waals surface area contributed by atoms with Gasteiger partial charge in [0.15, 0.2) is 0 Å². The molecule has 0 unspecified atom stereocenters. The van der Waals surface area contributed by atoms with Crippen LogP contribution in [0.15, 0.2) is 24.3 Å². The second-order valence-electron chi connectivity index (χ2n) is 5.14. The van der Waals surface area contributed by atoms with Gasteiger partial charge in [0.05, 0.1) is 6.61 Å². The standard InChI is InChI=1S/C15H23N3O2/c16-14-4-2-1-3-13(14)5-6-15(20)18-9-7-17(8-10-18)11-12-19/h1-4,19H,5-12,16H2. The summed E-state index contributed by atoms with van der Waals surface area (Å²) in [6.07, 6.45) is 1.20. The van der Waals surface area contributed by atoms with Gasteiger partial charge in [0.1, 0.15) is 0 Å². The summed E-state index contributed by atoms with van der Waals surface area (Å²) in [4.78, 5) is 16.3. The van der Waals surface area contributed by atoms with Crippen molar-refractivity contribution in [2.45, 2.75) is 12.8 Å². The molecule has 1 aromatic rings. The van der Waals surface area contributed by atoms with Gasteiger partial charge in [-0.3, -0.25) is 9.69 Å². The number of amides is 1. The van der Waals surface area contributed by atoms with E-state index in [0.717, 1.165) is 37.4 Å². The number of benzene rings is 1. The largest absolute Gasteiger partial charge is 0.399 e. The third-order valence-electron chi connectivity index (χ3n) is 3.80. The van der Waals surface area contributed by atoms with Gasteiger partial charge in [-0.05, 0) is 18.1 Å². The fourth-order valence-electron chi connectivity index (χ4n) is 2.52. The topological polar surface area (TPSA) is 69.8 Å². The van der Waals surface area contributed by atoms with Crippen molar-refractivity contribution in [2.24, 2.45) is 0 Å². The zero-order valence-electron chi connectivity index (χ0n) is 11.8. The van der Waals surface area contributed by atoms with Crippen molar-refractivity contribution in [1.82, 2.24) is 9.80 Å². The summed E-state index contributed by atoms with van der Waals surface area (Å²) in [6, 6.07) is 7.69. The monoisotopic (exact) mass is 277 g/mol. The number of para-hydroxylation sites is 1. The molecule has 1 aliphatic rings. The summed E-state index contributed by atoms with van der Waals surface area (Å²) < 4.78 is 0. The summed E-state index contributed by atoms with van der Waals surface area (Å²) in [5.74, 6) is 0.192. The van der Waals surface area contributed by atoms with Crippen LogP contribution in [-0.2, 0) is 11.2 Å². The van der Waals surface area contributed by atoms with E-state index in [1.807, 2.05) is 29.2 Å². The number of rotatable bonds is 5. The fraction of sp³-hybridized carbons (Fsp3) is 0.533. The van der Waals surface area contributed by atoms with Gasteiger partial charge in [0, 0.05) is 44.8 Å². The predicted octanol–water partition coefficient (Wildman–Crippen LogP) is 0.338. The summed E-state index contributed by atoms with van der Waals surface area (Å²) in [7, 11) is 0. The van der Waals surface area contributed by atoms with Gasteiger partial charge in [-0.2, -0.15) is 0 Å². The molecular weight excluding hydrogens is 254 g/mol. The molecule has 1 heterocycles. The first-order chi connectivity index (χ1) is 9.70. The minimum Gasteiger partial charge on any atom is -0.399 e. The van der Waals surface area contributed by atoms with Gasteiger partial charge in [-0.25, -0.2) is 0 Å². The van der Waals surface area contributed by atoms with Crippen molar-refractivity contribution in [3.63, 3.8) is 0 Å². The highest BCUT2D eigenvalue weighted by Crippen LogP contribution is 2.14. The molecule has 5 heteroatoms. The molecule has 1 fully saturated rings. The van der Waals surface area contributed by atoms with E-state index < -0.39 is 0 Å². The van der Waals surface area contributed by atoms with Crippen LogP contribution in [0.2, 0.25) is 0 Å². The molecule has 1 aliphatic heterocycles. The molecule has 0 spiro atoms. The van der Waals surface area contributed by atoms with Gasteiger partial charge in [-0.1, -0.05) is 18.2 Å². The Morgan fingerprint density at radius 2 is 1.90 bits per heavy atom. The number of carbonyl (C=O) groups excluding carboxylic acids is 1. The number of hydrogen-bond donors (Lipinski definition) is 2. The van der Waals surface area contributed by atoms with Crippen LogP contribution in [0.4, 0.5) is 5.69 Å². The smallest absolute Gasteiger partial charge is 0.222 e. The molecule has 20 heavy (non-hydrogen) atoms. The van der Waals surface area contributed by atoms with Crippen LogP contribution in [0, 0.1) is 0 Å². The molecule has 3 N–H and O–H groups in total. The molecule has 2 rings (SSSR count). The van der Waals surface area contributed by atoms with E-state index in [4.69, 9.17) is 10.8 Å². The molecule has 0 bridgehead atoms. The Morgan fingerprint density at radius 3 is 2.55 bits per heavy atom. The fourth-order valence-corrected chi connectivity index (χ4v) is 2.52. The lowest BCUT2D eigenvalue weighted by Gasteiger charge is -2.34. The molecular formula is C15H23N3O2. The van der Waals surface area contributed by atoms with Crippen molar-refractivity contribution in [3.05, 3.63) is 29.8 Å². The summed E-state index contributed by atoms with van der Waals surface area (Å²) in [5.41, 5.74) is 7.68. The number of aliphatic hydroxyl groups excluding tert-OH is 1. The van der Waals surface area contributed by atoms with Crippen LogP contribution >= 0.6 is 0 Å². The number of piperazine rings is 1. The summed E-state index contributed by atoms with van der Waals surface area (Å²) in [5, 5.41) is 8.90. The second-order valence-corrected chi connectivity index (χ2v) is 5.14. The minimum atomic E-state index is 0.182. The maximum Gasteiger partial charge on any atom is 0.222 e. The van der Waals surface area contributed by atoms with E-state index in [2.05, 4.69) is 4.90 Å². The lowest BCUT2D eigenvalue weighted by Crippen LogP contribution is -2.49. The van der Waals surface area contributed by atoms with E-state index in [1.54, 1.807) is 0 Å². The van der Waals surface area contributed by atoms with Gasteiger partial charge in [0.25, 0.3) is 0 Å². The summed E-state index contributed by atoms with van der Waals surface area (Å²) >= 11 is 0. The Labute approximate surface area is 120 Å². The Morgan fingerprint density at radius 1 is 1.20 bits per heavy atom. The first-order valence-electron chi connectivity index (χ1n) is 7.15. The number of nitrogens with zero attached hydrogens (tertiary/aromatic N) is 2. The molecule has 1 saturated heterocycles. The first-order valence-corrected chi connectivity index (χ1v) is 7.15. The van der Waals surface area contributed by atoms with Gasteiger partial charge < -0.3 is 15.7 Å². The molecule has 0 aromatic heterocycles. The third-order valence-corrected chi connectivity index (χ3v) is 3.80. The minimum absolute atomic E-state index is 0.182. The number of hydrogen-bond acceptors (Lipinski definition) is 4. The van der Waals surface area contributed by atoms with Crippen LogP contribution in [-0.4, -0.2) is 60.1 Å². The third kappa shape index (κ3) is 3.95. The first kappa shape index (κ1) is 14.8. The zero-order valence-corrected chi connectivity index (χ0v) is 11.8. The Kier molecular flexibility index (Phi) is 5.38. The van der Waals surface area contributed by atoms with Gasteiger partial charge in [-0.15, -0.1) is 0 Å². The second kappa shape index (κ2) is 7.26. The number of β-amino-alcohol motifs (C(OH)–C–C–N with tert-alkyl or cyclic N) is 1. The van der Waals surface area contributed by atoms with Crippen LogP contribution in [0.3, 0.4) is 0 Å². The molecule has 1 aromatic carbocycles. The Balaban J connectivity index is 1.77.